The number of ether oxygens (including phenoxy) is 1. The zero-order valence-electron chi connectivity index (χ0n) is 13.3. The average molecular weight is 362 g/mol. The highest BCUT2D eigenvalue weighted by Gasteiger charge is 2.28. The number of nitrogens with zero attached hydrogens (tertiary/aromatic N) is 3. The lowest BCUT2D eigenvalue weighted by Gasteiger charge is -2.29. The summed E-state index contributed by atoms with van der Waals surface area (Å²) in [4.78, 5) is 17.0. The molecular weight excluding hydrogens is 346 g/mol. The van der Waals surface area contributed by atoms with Crippen LogP contribution in [-0.2, 0) is 11.4 Å². The Kier molecular flexibility index (Phi) is 5.10. The Morgan fingerprint density at radius 2 is 2.16 bits per heavy atom. The van der Waals surface area contributed by atoms with Crippen LogP contribution in [0.3, 0.4) is 0 Å². The number of benzene rings is 1. The van der Waals surface area contributed by atoms with Crippen LogP contribution in [0.2, 0.25) is 5.02 Å². The SMILES string of the molecule is N#Cc1nc(COc2ccccc2Cl)oc1N1CCC(C(=O)O)CC1. The zero-order chi connectivity index (χ0) is 17.8. The van der Waals surface area contributed by atoms with Crippen molar-refractivity contribution in [1.29, 1.82) is 5.26 Å². The van der Waals surface area contributed by atoms with Crippen molar-refractivity contribution >= 4 is 23.5 Å². The van der Waals surface area contributed by atoms with Gasteiger partial charge in [0.1, 0.15) is 11.8 Å². The van der Waals surface area contributed by atoms with Crippen LogP contribution in [0, 0.1) is 17.2 Å². The van der Waals surface area contributed by atoms with Crippen LogP contribution < -0.4 is 9.64 Å². The summed E-state index contributed by atoms with van der Waals surface area (Å²) in [7, 11) is 0. The minimum Gasteiger partial charge on any atom is -0.482 e. The van der Waals surface area contributed by atoms with Gasteiger partial charge in [-0.25, -0.2) is 0 Å². The lowest BCUT2D eigenvalue weighted by atomic mass is 9.97. The van der Waals surface area contributed by atoms with Gasteiger partial charge in [-0.1, -0.05) is 23.7 Å². The Morgan fingerprint density at radius 3 is 2.80 bits per heavy atom. The summed E-state index contributed by atoms with van der Waals surface area (Å²) in [6, 6.07) is 9.06. The Morgan fingerprint density at radius 1 is 1.44 bits per heavy atom. The van der Waals surface area contributed by atoms with Gasteiger partial charge in [0, 0.05) is 13.1 Å². The molecule has 1 aromatic carbocycles. The van der Waals surface area contributed by atoms with Crippen molar-refractivity contribution in [3.63, 3.8) is 0 Å². The van der Waals surface area contributed by atoms with Gasteiger partial charge in [0.05, 0.1) is 10.9 Å². The van der Waals surface area contributed by atoms with Gasteiger partial charge in [0.2, 0.25) is 17.5 Å². The summed E-state index contributed by atoms with van der Waals surface area (Å²) in [5.74, 6) is -0.0000826. The topological polar surface area (TPSA) is 99.6 Å². The van der Waals surface area contributed by atoms with Gasteiger partial charge in [0.15, 0.2) is 6.61 Å². The minimum absolute atomic E-state index is 0.0456. The molecule has 1 aliphatic heterocycles. The summed E-state index contributed by atoms with van der Waals surface area (Å²) >= 11 is 6.03. The number of hydrogen-bond acceptors (Lipinski definition) is 6. The lowest BCUT2D eigenvalue weighted by Crippen LogP contribution is -2.36. The van der Waals surface area contributed by atoms with Crippen molar-refractivity contribution in [2.24, 2.45) is 5.92 Å². The fraction of sp³-hybridized carbons (Fsp3) is 0.353. The predicted octanol–water partition coefficient (Wildman–Crippen LogP) is 3.08. The van der Waals surface area contributed by atoms with Crippen LogP contribution >= 0.6 is 11.6 Å². The van der Waals surface area contributed by atoms with E-state index in [-0.39, 0.29) is 24.1 Å². The molecule has 7 nitrogen and oxygen atoms in total. The van der Waals surface area contributed by atoms with E-state index in [1.165, 1.54) is 0 Å². The molecule has 0 unspecified atom stereocenters. The number of anilines is 1. The third-order valence-electron chi connectivity index (χ3n) is 4.08. The Labute approximate surface area is 149 Å². The molecule has 2 heterocycles. The van der Waals surface area contributed by atoms with Crippen molar-refractivity contribution < 1.29 is 19.1 Å². The van der Waals surface area contributed by atoms with Gasteiger partial charge in [-0.15, -0.1) is 0 Å². The smallest absolute Gasteiger partial charge is 0.306 e. The Balaban J connectivity index is 1.69. The third kappa shape index (κ3) is 3.86. The third-order valence-corrected chi connectivity index (χ3v) is 4.39. The first kappa shape index (κ1) is 17.1. The maximum absolute atomic E-state index is 11.0. The van der Waals surface area contributed by atoms with E-state index in [1.54, 1.807) is 24.3 Å². The second-order valence-electron chi connectivity index (χ2n) is 5.69. The van der Waals surface area contributed by atoms with E-state index < -0.39 is 5.97 Å². The van der Waals surface area contributed by atoms with Crippen LogP contribution in [0.1, 0.15) is 24.4 Å². The number of carboxylic acid groups (broad SMARTS) is 1. The molecule has 3 rings (SSSR count). The molecular formula is C17H16ClN3O4. The summed E-state index contributed by atoms with van der Waals surface area (Å²) < 4.78 is 11.3. The van der Waals surface area contributed by atoms with Crippen molar-refractivity contribution in [3.05, 3.63) is 40.9 Å². The molecule has 25 heavy (non-hydrogen) atoms. The molecule has 0 bridgehead atoms. The number of aromatic nitrogens is 1. The summed E-state index contributed by atoms with van der Waals surface area (Å²) in [5, 5.41) is 18.8. The molecule has 0 aliphatic carbocycles. The highest BCUT2D eigenvalue weighted by Crippen LogP contribution is 2.29. The first-order valence-corrected chi connectivity index (χ1v) is 8.21. The molecule has 0 atom stereocenters. The van der Waals surface area contributed by atoms with E-state index in [2.05, 4.69) is 4.98 Å². The fourth-order valence-electron chi connectivity index (χ4n) is 2.73. The van der Waals surface area contributed by atoms with E-state index in [9.17, 15) is 10.1 Å². The molecule has 0 spiro atoms. The molecule has 8 heteroatoms. The Bertz CT molecular complexity index is 806. The Hall–Kier alpha value is -2.72. The largest absolute Gasteiger partial charge is 0.482 e. The van der Waals surface area contributed by atoms with E-state index in [0.29, 0.717) is 42.6 Å². The molecule has 0 radical (unpaired) electrons. The molecule has 1 aromatic heterocycles. The summed E-state index contributed by atoms with van der Waals surface area (Å²) in [5.41, 5.74) is 0.173. The first-order valence-electron chi connectivity index (χ1n) is 7.83. The first-order chi connectivity index (χ1) is 12.1. The summed E-state index contributed by atoms with van der Waals surface area (Å²) in [6.45, 7) is 1.06. The predicted molar refractivity (Wildman–Crippen MR) is 89.6 cm³/mol. The number of para-hydroxylation sites is 1. The van der Waals surface area contributed by atoms with Crippen LogP contribution in [0.5, 0.6) is 5.75 Å². The zero-order valence-corrected chi connectivity index (χ0v) is 14.1. The van der Waals surface area contributed by atoms with Crippen LogP contribution in [0.25, 0.3) is 0 Å². The number of oxazole rings is 1. The average Bonchev–Trinajstić information content (AvgIpc) is 3.04. The van der Waals surface area contributed by atoms with Crippen LogP contribution in [-0.4, -0.2) is 29.1 Å². The maximum Gasteiger partial charge on any atom is 0.306 e. The van der Waals surface area contributed by atoms with Crippen LogP contribution in [0.4, 0.5) is 5.88 Å². The fourth-order valence-corrected chi connectivity index (χ4v) is 2.93. The van der Waals surface area contributed by atoms with Gasteiger partial charge in [-0.2, -0.15) is 10.2 Å². The number of carboxylic acids is 1. The molecule has 1 N–H and O–H groups in total. The normalized spacial score (nSPS) is 15.0. The maximum atomic E-state index is 11.0. The lowest BCUT2D eigenvalue weighted by molar-refractivity contribution is -0.142. The van der Waals surface area contributed by atoms with Gasteiger partial charge in [0.25, 0.3) is 0 Å². The highest BCUT2D eigenvalue weighted by molar-refractivity contribution is 6.32. The molecule has 0 amide bonds. The standard InChI is InChI=1S/C17H16ClN3O4/c18-12-3-1-2-4-14(12)24-10-15-20-13(9-19)16(25-15)21-7-5-11(6-8-21)17(22)23/h1-4,11H,5-8,10H2,(H,22,23). The molecule has 0 saturated carbocycles. The van der Waals surface area contributed by atoms with Crippen molar-refractivity contribution in [2.45, 2.75) is 19.4 Å². The van der Waals surface area contributed by atoms with Gasteiger partial charge in [-0.3, -0.25) is 4.79 Å². The second-order valence-corrected chi connectivity index (χ2v) is 6.10. The van der Waals surface area contributed by atoms with Gasteiger partial charge >= 0.3 is 5.97 Å². The number of nitriles is 1. The molecule has 1 saturated heterocycles. The molecule has 130 valence electrons. The monoisotopic (exact) mass is 361 g/mol. The number of hydrogen-bond donors (Lipinski definition) is 1. The number of rotatable bonds is 5. The van der Waals surface area contributed by atoms with Crippen molar-refractivity contribution in [3.8, 4) is 11.8 Å². The van der Waals surface area contributed by atoms with E-state index in [0.717, 1.165) is 0 Å². The van der Waals surface area contributed by atoms with Crippen LogP contribution in [0.15, 0.2) is 28.7 Å². The number of carbonyl (C=O) groups is 1. The second kappa shape index (κ2) is 7.45. The minimum atomic E-state index is -0.786. The quantitative estimate of drug-likeness (QED) is 0.873. The van der Waals surface area contributed by atoms with Crippen molar-refractivity contribution in [2.75, 3.05) is 18.0 Å². The number of piperidine rings is 1. The van der Waals surface area contributed by atoms with E-state index >= 15 is 0 Å². The molecule has 1 fully saturated rings. The van der Waals surface area contributed by atoms with E-state index in [4.69, 9.17) is 25.9 Å². The number of halogens is 1. The van der Waals surface area contributed by atoms with Gasteiger partial charge in [-0.05, 0) is 25.0 Å². The van der Waals surface area contributed by atoms with Crippen molar-refractivity contribution in [1.82, 2.24) is 4.98 Å². The number of aliphatic carboxylic acids is 1. The highest BCUT2D eigenvalue weighted by atomic mass is 35.5. The van der Waals surface area contributed by atoms with Gasteiger partial charge < -0.3 is 19.2 Å². The summed E-state index contributed by atoms with van der Waals surface area (Å²) in [6.07, 6.45) is 1.01. The van der Waals surface area contributed by atoms with E-state index in [1.807, 2.05) is 11.0 Å². The molecule has 2 aromatic rings. The molecule has 1 aliphatic rings.